The molecule has 0 aromatic heterocycles. The van der Waals surface area contributed by atoms with Gasteiger partial charge in [-0.3, -0.25) is 19.3 Å². The number of carboxylic acid groups (broad SMARTS) is 2. The number of nitrogens with zero attached hydrogens (tertiary/aromatic N) is 2. The Balaban J connectivity index is 2.26. The Bertz CT molecular complexity index is 383. The summed E-state index contributed by atoms with van der Waals surface area (Å²) in [6.07, 6.45) is 4.14. The Morgan fingerprint density at radius 1 is 1.27 bits per heavy atom. The van der Waals surface area contributed by atoms with E-state index in [2.05, 4.69) is 0 Å². The number of carboxylic acids is 2. The quantitative estimate of drug-likeness (QED) is 0.369. The molecule has 1 saturated heterocycles. The molecule has 0 spiro atoms. The zero-order chi connectivity index (χ0) is 16.5. The highest BCUT2D eigenvalue weighted by Crippen LogP contribution is 2.16. The molecule has 0 saturated carbocycles. The fraction of sp³-hybridized carbons (Fsp3) is 0.786. The number of carbonyl (C=O) groups excluding carboxylic acids is 1. The Hall–Kier alpha value is -1.67. The van der Waals surface area contributed by atoms with Gasteiger partial charge in [-0.15, -0.1) is 0 Å². The molecule has 1 aliphatic rings. The molecule has 0 aromatic carbocycles. The zero-order valence-corrected chi connectivity index (χ0v) is 12.7. The minimum atomic E-state index is -1.00. The molecule has 1 unspecified atom stereocenters. The molecule has 0 bridgehead atoms. The monoisotopic (exact) mass is 315 g/mol. The van der Waals surface area contributed by atoms with Gasteiger partial charge in [-0.2, -0.15) is 0 Å². The maximum atomic E-state index is 11.2. The van der Waals surface area contributed by atoms with Crippen molar-refractivity contribution in [3.05, 3.63) is 0 Å². The minimum Gasteiger partial charge on any atom is -0.480 e. The van der Waals surface area contributed by atoms with E-state index in [1.54, 1.807) is 4.90 Å². The van der Waals surface area contributed by atoms with Crippen LogP contribution in [0.4, 0.5) is 0 Å². The van der Waals surface area contributed by atoms with Crippen LogP contribution in [0.15, 0.2) is 0 Å². The summed E-state index contributed by atoms with van der Waals surface area (Å²) >= 11 is 0. The number of hydrogen-bond acceptors (Lipinski definition) is 5. The molecule has 0 radical (unpaired) electrons. The Morgan fingerprint density at radius 2 is 1.91 bits per heavy atom. The number of aliphatic carboxylic acids is 2. The van der Waals surface area contributed by atoms with Gasteiger partial charge in [0.25, 0.3) is 0 Å². The number of amides is 1. The molecule has 1 aliphatic heterocycles. The molecule has 1 amide bonds. The van der Waals surface area contributed by atoms with E-state index < -0.39 is 18.0 Å². The van der Waals surface area contributed by atoms with Crippen molar-refractivity contribution in [3.8, 4) is 0 Å². The zero-order valence-electron chi connectivity index (χ0n) is 12.7. The number of hydrogen-bond donors (Lipinski definition) is 3. The second kappa shape index (κ2) is 9.37. The first-order chi connectivity index (χ1) is 10.4. The third-order valence-corrected chi connectivity index (χ3v) is 4.02. The average Bonchev–Trinajstić information content (AvgIpc) is 2.47. The van der Waals surface area contributed by atoms with E-state index in [0.29, 0.717) is 32.5 Å². The molecular formula is C14H25N3O5. The van der Waals surface area contributed by atoms with E-state index in [9.17, 15) is 14.4 Å². The number of likely N-dealkylation sites (tertiary alicyclic amines) is 1. The van der Waals surface area contributed by atoms with Crippen LogP contribution in [0.1, 0.15) is 32.1 Å². The van der Waals surface area contributed by atoms with Crippen LogP contribution in [0.3, 0.4) is 0 Å². The van der Waals surface area contributed by atoms with Gasteiger partial charge in [0.1, 0.15) is 6.04 Å². The largest absolute Gasteiger partial charge is 0.480 e. The standard InChI is InChI=1S/C14H25N3O5/c15-12(14(21)22)3-1-2-6-17(10-18)11-4-7-16(8-5-11)9-13(19)20/h10-12H,1-9,15H2,(H,19,20)(H,21,22). The third kappa shape index (κ3) is 6.40. The van der Waals surface area contributed by atoms with Gasteiger partial charge in [-0.1, -0.05) is 0 Å². The summed E-state index contributed by atoms with van der Waals surface area (Å²) in [5, 5.41) is 17.4. The number of unbranched alkanes of at least 4 members (excludes halogenated alkanes) is 1. The molecule has 0 aromatic rings. The van der Waals surface area contributed by atoms with Crippen molar-refractivity contribution in [1.29, 1.82) is 0 Å². The number of rotatable bonds is 10. The lowest BCUT2D eigenvalue weighted by molar-refractivity contribution is -0.139. The van der Waals surface area contributed by atoms with Gasteiger partial charge >= 0.3 is 11.9 Å². The van der Waals surface area contributed by atoms with Gasteiger partial charge in [-0.05, 0) is 32.1 Å². The van der Waals surface area contributed by atoms with Crippen molar-refractivity contribution in [2.75, 3.05) is 26.2 Å². The van der Waals surface area contributed by atoms with Crippen molar-refractivity contribution >= 4 is 18.3 Å². The van der Waals surface area contributed by atoms with E-state index in [1.165, 1.54) is 0 Å². The first kappa shape index (κ1) is 18.4. The van der Waals surface area contributed by atoms with E-state index in [4.69, 9.17) is 15.9 Å². The smallest absolute Gasteiger partial charge is 0.320 e. The first-order valence-electron chi connectivity index (χ1n) is 7.57. The normalized spacial score (nSPS) is 17.9. The van der Waals surface area contributed by atoms with Crippen LogP contribution < -0.4 is 5.73 Å². The van der Waals surface area contributed by atoms with Gasteiger partial charge in [0, 0.05) is 25.7 Å². The minimum absolute atomic E-state index is 0.0425. The summed E-state index contributed by atoms with van der Waals surface area (Å²) in [6.45, 7) is 1.97. The fourth-order valence-corrected chi connectivity index (χ4v) is 2.70. The Morgan fingerprint density at radius 3 is 2.41 bits per heavy atom. The SMILES string of the molecule is NC(CCCCN(C=O)C1CCN(CC(=O)O)CC1)C(=O)O. The highest BCUT2D eigenvalue weighted by atomic mass is 16.4. The lowest BCUT2D eigenvalue weighted by Crippen LogP contribution is -2.46. The maximum Gasteiger partial charge on any atom is 0.320 e. The molecule has 4 N–H and O–H groups in total. The molecule has 8 nitrogen and oxygen atoms in total. The lowest BCUT2D eigenvalue weighted by Gasteiger charge is -2.36. The fourth-order valence-electron chi connectivity index (χ4n) is 2.70. The van der Waals surface area contributed by atoms with E-state index in [-0.39, 0.29) is 12.6 Å². The second-order valence-corrected chi connectivity index (χ2v) is 5.68. The van der Waals surface area contributed by atoms with Crippen LogP contribution in [-0.4, -0.2) is 76.6 Å². The van der Waals surface area contributed by atoms with Crippen LogP contribution in [0.25, 0.3) is 0 Å². The molecule has 1 atom stereocenters. The summed E-state index contributed by atoms with van der Waals surface area (Å²) < 4.78 is 0. The molecule has 1 fully saturated rings. The second-order valence-electron chi connectivity index (χ2n) is 5.68. The number of piperidine rings is 1. The van der Waals surface area contributed by atoms with Gasteiger partial charge in [0.15, 0.2) is 0 Å². The average molecular weight is 315 g/mol. The van der Waals surface area contributed by atoms with Crippen LogP contribution >= 0.6 is 0 Å². The Kier molecular flexibility index (Phi) is 7.83. The van der Waals surface area contributed by atoms with Gasteiger partial charge < -0.3 is 20.8 Å². The van der Waals surface area contributed by atoms with Crippen LogP contribution in [0.2, 0.25) is 0 Å². The summed E-state index contributed by atoms with van der Waals surface area (Å²) in [5.74, 6) is -1.83. The van der Waals surface area contributed by atoms with E-state index in [1.807, 2.05) is 4.90 Å². The summed E-state index contributed by atoms with van der Waals surface area (Å²) in [4.78, 5) is 36.1. The summed E-state index contributed by atoms with van der Waals surface area (Å²) in [7, 11) is 0. The van der Waals surface area contributed by atoms with Gasteiger partial charge in [-0.25, -0.2) is 0 Å². The molecule has 1 heterocycles. The van der Waals surface area contributed by atoms with Crippen molar-refractivity contribution in [3.63, 3.8) is 0 Å². The third-order valence-electron chi connectivity index (χ3n) is 4.02. The van der Waals surface area contributed by atoms with Crippen LogP contribution in [0, 0.1) is 0 Å². The van der Waals surface area contributed by atoms with E-state index >= 15 is 0 Å². The van der Waals surface area contributed by atoms with Gasteiger partial charge in [0.2, 0.25) is 6.41 Å². The predicted molar refractivity (Wildman–Crippen MR) is 79.3 cm³/mol. The lowest BCUT2D eigenvalue weighted by atomic mass is 10.0. The highest BCUT2D eigenvalue weighted by molar-refractivity contribution is 5.72. The highest BCUT2D eigenvalue weighted by Gasteiger charge is 2.24. The molecule has 1 rings (SSSR count). The van der Waals surface area contributed by atoms with Crippen molar-refractivity contribution in [1.82, 2.24) is 9.80 Å². The van der Waals surface area contributed by atoms with Crippen LogP contribution in [-0.2, 0) is 14.4 Å². The molecule has 8 heteroatoms. The van der Waals surface area contributed by atoms with Crippen molar-refractivity contribution in [2.45, 2.75) is 44.2 Å². The summed E-state index contributed by atoms with van der Waals surface area (Å²) in [6, 6.07) is -0.709. The van der Waals surface area contributed by atoms with Crippen molar-refractivity contribution < 1.29 is 24.6 Å². The topological polar surface area (TPSA) is 124 Å². The molecule has 0 aliphatic carbocycles. The van der Waals surface area contributed by atoms with Crippen LogP contribution in [0.5, 0.6) is 0 Å². The predicted octanol–water partition coefficient (Wildman–Crippen LogP) is -0.424. The van der Waals surface area contributed by atoms with E-state index in [0.717, 1.165) is 25.7 Å². The summed E-state index contributed by atoms with van der Waals surface area (Å²) in [5.41, 5.74) is 5.43. The maximum absolute atomic E-state index is 11.2. The molecule has 126 valence electrons. The number of carbonyl (C=O) groups is 3. The first-order valence-corrected chi connectivity index (χ1v) is 7.57. The number of nitrogens with two attached hydrogens (primary N) is 1. The van der Waals surface area contributed by atoms with Crippen molar-refractivity contribution in [2.24, 2.45) is 5.73 Å². The van der Waals surface area contributed by atoms with Gasteiger partial charge in [0.05, 0.1) is 6.54 Å². The Labute approximate surface area is 129 Å². The molecule has 22 heavy (non-hydrogen) atoms. The molecular weight excluding hydrogens is 290 g/mol.